The van der Waals surface area contributed by atoms with E-state index in [-0.39, 0.29) is 12.5 Å². The Balaban J connectivity index is 1.73. The number of carbonyl (C=O) groups is 2. The maximum absolute atomic E-state index is 13.0. The lowest BCUT2D eigenvalue weighted by Crippen LogP contribution is -2.28. The molecular formula is C25H24N2O4. The van der Waals surface area contributed by atoms with Gasteiger partial charge in [0.1, 0.15) is 5.75 Å². The highest BCUT2D eigenvalue weighted by molar-refractivity contribution is 6.07. The van der Waals surface area contributed by atoms with Crippen LogP contribution in [0, 0.1) is 0 Å². The molecule has 2 aromatic carbocycles. The van der Waals surface area contributed by atoms with Crippen molar-refractivity contribution in [3.8, 4) is 5.75 Å². The molecule has 0 unspecified atom stereocenters. The van der Waals surface area contributed by atoms with Gasteiger partial charge in [0, 0.05) is 11.9 Å². The second-order valence-electron chi connectivity index (χ2n) is 7.30. The number of fused-ring (bicyclic) bond motifs is 2. The van der Waals surface area contributed by atoms with E-state index in [1.165, 1.54) is 0 Å². The number of nitrogens with zero attached hydrogens (tertiary/aromatic N) is 1. The maximum atomic E-state index is 13.0. The minimum Gasteiger partial charge on any atom is -0.497 e. The van der Waals surface area contributed by atoms with E-state index >= 15 is 0 Å². The highest BCUT2D eigenvalue weighted by atomic mass is 16.5. The molecule has 158 valence electrons. The van der Waals surface area contributed by atoms with Gasteiger partial charge in [-0.05, 0) is 60.7 Å². The quantitative estimate of drug-likeness (QED) is 0.614. The van der Waals surface area contributed by atoms with Gasteiger partial charge < -0.3 is 14.8 Å². The number of pyridine rings is 1. The van der Waals surface area contributed by atoms with Crippen LogP contribution >= 0.6 is 0 Å². The van der Waals surface area contributed by atoms with E-state index in [1.54, 1.807) is 7.11 Å². The summed E-state index contributed by atoms with van der Waals surface area (Å²) in [6.45, 7) is 2.01. The van der Waals surface area contributed by atoms with Crippen LogP contribution in [0.1, 0.15) is 40.5 Å². The van der Waals surface area contributed by atoms with Crippen LogP contribution in [0.2, 0.25) is 0 Å². The van der Waals surface area contributed by atoms with Crippen molar-refractivity contribution in [2.24, 2.45) is 0 Å². The Kier molecular flexibility index (Phi) is 5.98. The molecule has 0 atom stereocenters. The third-order valence-electron chi connectivity index (χ3n) is 5.31. The number of ether oxygens (including phenoxy) is 2. The fourth-order valence-corrected chi connectivity index (χ4v) is 3.86. The molecule has 1 aliphatic carbocycles. The SMILES string of the molecule is CCNC(=O)COC(=O)c1c2c(nc3ccccc13)/C(=C/c1ccc(OC)cc1)CC2. The number of carbonyl (C=O) groups excluding carboxylic acids is 2. The monoisotopic (exact) mass is 416 g/mol. The molecule has 3 aromatic rings. The number of nitrogens with one attached hydrogen (secondary N) is 1. The minimum atomic E-state index is -0.494. The lowest BCUT2D eigenvalue weighted by atomic mass is 10.0. The van der Waals surface area contributed by atoms with E-state index in [0.717, 1.165) is 45.5 Å². The van der Waals surface area contributed by atoms with Gasteiger partial charge in [0.2, 0.25) is 0 Å². The number of hydrogen-bond acceptors (Lipinski definition) is 5. The standard InChI is InChI=1S/C25H24N2O4/c1-3-26-22(28)15-31-25(29)23-19-6-4-5-7-21(19)27-24-17(10-13-20(23)24)14-16-8-11-18(30-2)12-9-16/h4-9,11-12,14H,3,10,13,15H2,1-2H3,(H,26,28)/b17-14+. The Hall–Kier alpha value is -3.67. The number of para-hydroxylation sites is 1. The molecule has 0 bridgehead atoms. The molecule has 1 amide bonds. The zero-order valence-corrected chi connectivity index (χ0v) is 17.6. The van der Waals surface area contributed by atoms with Crippen molar-refractivity contribution in [3.05, 3.63) is 70.9 Å². The first kappa shape index (κ1) is 20.6. The third-order valence-corrected chi connectivity index (χ3v) is 5.31. The number of amides is 1. The highest BCUT2D eigenvalue weighted by Gasteiger charge is 2.27. The van der Waals surface area contributed by atoms with Crippen LogP contribution in [-0.2, 0) is 16.0 Å². The molecule has 0 aliphatic heterocycles. The summed E-state index contributed by atoms with van der Waals surface area (Å²) in [5.41, 5.74) is 5.04. The number of methoxy groups -OCH3 is 1. The topological polar surface area (TPSA) is 77.5 Å². The van der Waals surface area contributed by atoms with E-state index < -0.39 is 5.97 Å². The van der Waals surface area contributed by atoms with Gasteiger partial charge in [-0.1, -0.05) is 30.3 Å². The Labute approximate surface area is 180 Å². The molecule has 0 fully saturated rings. The predicted octanol–water partition coefficient (Wildman–Crippen LogP) is 4.02. The fraction of sp³-hybridized carbons (Fsp3) is 0.240. The molecule has 0 radical (unpaired) electrons. The number of benzene rings is 2. The molecule has 6 heteroatoms. The Morgan fingerprint density at radius 3 is 2.61 bits per heavy atom. The van der Waals surface area contributed by atoms with Crippen molar-refractivity contribution in [3.63, 3.8) is 0 Å². The zero-order valence-electron chi connectivity index (χ0n) is 17.6. The lowest BCUT2D eigenvalue weighted by Gasteiger charge is -2.12. The third kappa shape index (κ3) is 4.28. The highest BCUT2D eigenvalue weighted by Crippen LogP contribution is 2.37. The van der Waals surface area contributed by atoms with Gasteiger partial charge in [-0.2, -0.15) is 0 Å². The van der Waals surface area contributed by atoms with E-state index in [2.05, 4.69) is 11.4 Å². The van der Waals surface area contributed by atoms with Crippen molar-refractivity contribution >= 4 is 34.4 Å². The van der Waals surface area contributed by atoms with Crippen LogP contribution in [0.25, 0.3) is 22.6 Å². The van der Waals surface area contributed by atoms with Crippen LogP contribution in [0.15, 0.2) is 48.5 Å². The molecule has 4 rings (SSSR count). The van der Waals surface area contributed by atoms with Gasteiger partial charge in [0.25, 0.3) is 5.91 Å². The van der Waals surface area contributed by atoms with Crippen LogP contribution in [0.5, 0.6) is 5.75 Å². The van der Waals surface area contributed by atoms with E-state index in [0.29, 0.717) is 18.5 Å². The van der Waals surface area contributed by atoms with E-state index in [4.69, 9.17) is 14.5 Å². The molecule has 0 spiro atoms. The number of rotatable bonds is 6. The lowest BCUT2D eigenvalue weighted by molar-refractivity contribution is -0.124. The van der Waals surface area contributed by atoms with Crippen molar-refractivity contribution in [1.29, 1.82) is 0 Å². The summed E-state index contributed by atoms with van der Waals surface area (Å²) >= 11 is 0. The predicted molar refractivity (Wildman–Crippen MR) is 120 cm³/mol. The van der Waals surface area contributed by atoms with Gasteiger partial charge in [-0.3, -0.25) is 4.79 Å². The van der Waals surface area contributed by atoms with Gasteiger partial charge in [0.15, 0.2) is 6.61 Å². The Morgan fingerprint density at radius 1 is 1.10 bits per heavy atom. The molecule has 1 aromatic heterocycles. The average molecular weight is 416 g/mol. The van der Waals surface area contributed by atoms with Crippen LogP contribution in [-0.4, -0.2) is 37.1 Å². The van der Waals surface area contributed by atoms with Crippen LogP contribution in [0.3, 0.4) is 0 Å². The first-order valence-corrected chi connectivity index (χ1v) is 10.3. The summed E-state index contributed by atoms with van der Waals surface area (Å²) in [6, 6.07) is 15.3. The minimum absolute atomic E-state index is 0.299. The van der Waals surface area contributed by atoms with Gasteiger partial charge in [-0.25, -0.2) is 9.78 Å². The smallest absolute Gasteiger partial charge is 0.339 e. The molecular weight excluding hydrogens is 392 g/mol. The number of likely N-dealkylation sites (N-methyl/N-ethyl adjacent to an activating group) is 1. The normalized spacial score (nSPS) is 13.8. The van der Waals surface area contributed by atoms with Gasteiger partial charge >= 0.3 is 5.97 Å². The van der Waals surface area contributed by atoms with Crippen LogP contribution in [0.4, 0.5) is 0 Å². The maximum Gasteiger partial charge on any atom is 0.339 e. The second-order valence-corrected chi connectivity index (χ2v) is 7.30. The second kappa shape index (κ2) is 9.00. The van der Waals surface area contributed by atoms with Gasteiger partial charge in [-0.15, -0.1) is 0 Å². The Bertz CT molecular complexity index is 1170. The number of esters is 1. The van der Waals surface area contributed by atoms with E-state index in [9.17, 15) is 9.59 Å². The first-order chi connectivity index (χ1) is 15.1. The molecule has 31 heavy (non-hydrogen) atoms. The molecule has 6 nitrogen and oxygen atoms in total. The van der Waals surface area contributed by atoms with E-state index in [1.807, 2.05) is 55.5 Å². The molecule has 1 N–H and O–H groups in total. The number of hydrogen-bond donors (Lipinski definition) is 1. The first-order valence-electron chi connectivity index (χ1n) is 10.3. The summed E-state index contributed by atoms with van der Waals surface area (Å²) in [5, 5.41) is 3.38. The summed E-state index contributed by atoms with van der Waals surface area (Å²) in [7, 11) is 1.64. The number of allylic oxidation sites excluding steroid dienone is 1. The summed E-state index contributed by atoms with van der Waals surface area (Å²) in [4.78, 5) is 29.6. The summed E-state index contributed by atoms with van der Waals surface area (Å²) < 4.78 is 10.6. The van der Waals surface area contributed by atoms with Crippen molar-refractivity contribution in [2.75, 3.05) is 20.3 Å². The number of aromatic nitrogens is 1. The summed E-state index contributed by atoms with van der Waals surface area (Å²) in [6.07, 6.45) is 3.57. The van der Waals surface area contributed by atoms with Crippen molar-refractivity contribution in [1.82, 2.24) is 10.3 Å². The molecule has 0 saturated heterocycles. The average Bonchev–Trinajstić information content (AvgIpc) is 3.18. The van der Waals surface area contributed by atoms with Crippen molar-refractivity contribution < 1.29 is 19.1 Å². The molecule has 1 aliphatic rings. The fourth-order valence-electron chi connectivity index (χ4n) is 3.86. The zero-order chi connectivity index (χ0) is 21.8. The largest absolute Gasteiger partial charge is 0.497 e. The van der Waals surface area contributed by atoms with Crippen molar-refractivity contribution in [2.45, 2.75) is 19.8 Å². The molecule has 0 saturated carbocycles. The van der Waals surface area contributed by atoms with Crippen LogP contribution < -0.4 is 10.1 Å². The Morgan fingerprint density at radius 2 is 1.87 bits per heavy atom. The van der Waals surface area contributed by atoms with Gasteiger partial charge in [0.05, 0.1) is 23.9 Å². The molecule has 1 heterocycles. The summed E-state index contributed by atoms with van der Waals surface area (Å²) in [5.74, 6) is -0.00650.